The van der Waals surface area contributed by atoms with Crippen molar-refractivity contribution in [3.05, 3.63) is 50.9 Å². The number of esters is 1. The van der Waals surface area contributed by atoms with Gasteiger partial charge in [0.15, 0.2) is 5.16 Å². The van der Waals surface area contributed by atoms with Crippen LogP contribution in [0.25, 0.3) is 0 Å². The molecule has 1 aromatic carbocycles. The first-order valence-electron chi connectivity index (χ1n) is 6.50. The Labute approximate surface area is 136 Å². The molecule has 116 valence electrons. The molecule has 0 spiro atoms. The number of carbonyl (C=O) groups excluding carboxylic acids is 1. The van der Waals surface area contributed by atoms with E-state index >= 15 is 0 Å². The third-order valence-electron chi connectivity index (χ3n) is 2.74. The van der Waals surface area contributed by atoms with Gasteiger partial charge in [-0.2, -0.15) is 10.1 Å². The van der Waals surface area contributed by atoms with Gasteiger partial charge in [-0.3, -0.25) is 4.79 Å². The summed E-state index contributed by atoms with van der Waals surface area (Å²) in [6, 6.07) is 7.21. The van der Waals surface area contributed by atoms with Crippen LogP contribution in [0.1, 0.15) is 23.0 Å². The highest BCUT2D eigenvalue weighted by molar-refractivity contribution is 7.98. The molecule has 6 nitrogen and oxygen atoms in total. The number of carbonyl (C=O) groups is 1. The van der Waals surface area contributed by atoms with Crippen molar-refractivity contribution < 1.29 is 9.53 Å². The van der Waals surface area contributed by atoms with E-state index in [1.54, 1.807) is 25.3 Å². The molecule has 0 aliphatic heterocycles. The second-order valence-electron chi connectivity index (χ2n) is 4.26. The highest BCUT2D eigenvalue weighted by Crippen LogP contribution is 2.14. The van der Waals surface area contributed by atoms with Crippen molar-refractivity contribution >= 4 is 29.3 Å². The largest absolute Gasteiger partial charge is 0.461 e. The molecule has 8 heteroatoms. The Bertz CT molecular complexity index is 731. The maximum atomic E-state index is 11.8. The Kier molecular flexibility index (Phi) is 5.57. The van der Waals surface area contributed by atoms with Gasteiger partial charge in [-0.25, -0.2) is 9.48 Å². The number of thioether (sulfide) groups is 1. The summed E-state index contributed by atoms with van der Waals surface area (Å²) in [5, 5.41) is 5.15. The third kappa shape index (κ3) is 3.86. The molecule has 0 radical (unpaired) electrons. The van der Waals surface area contributed by atoms with Crippen LogP contribution in [0.3, 0.4) is 0 Å². The van der Waals surface area contributed by atoms with Gasteiger partial charge in [-0.1, -0.05) is 35.5 Å². The number of hydrogen-bond donors (Lipinski definition) is 0. The minimum absolute atomic E-state index is 0.168. The maximum Gasteiger partial charge on any atom is 0.364 e. The summed E-state index contributed by atoms with van der Waals surface area (Å²) in [5.74, 6) is -0.766. The Morgan fingerprint density at radius 2 is 2.05 bits per heavy atom. The summed E-state index contributed by atoms with van der Waals surface area (Å²) >= 11 is 7.13. The molecule has 2 rings (SSSR count). The quantitative estimate of drug-likeness (QED) is 0.614. The number of ether oxygens (including phenoxy) is 1. The number of hydrogen-bond acceptors (Lipinski definition) is 6. The monoisotopic (exact) mass is 339 g/mol. The Morgan fingerprint density at radius 3 is 2.64 bits per heavy atom. The van der Waals surface area contributed by atoms with Crippen molar-refractivity contribution in [2.24, 2.45) is 0 Å². The second kappa shape index (κ2) is 7.42. The van der Waals surface area contributed by atoms with Crippen LogP contribution in [-0.4, -0.2) is 33.6 Å². The zero-order valence-corrected chi connectivity index (χ0v) is 13.6. The van der Waals surface area contributed by atoms with Gasteiger partial charge in [0.25, 0.3) is 0 Å². The molecule has 0 unspecified atom stereocenters. The fourth-order valence-corrected chi connectivity index (χ4v) is 2.36. The van der Waals surface area contributed by atoms with Gasteiger partial charge in [0.05, 0.1) is 13.2 Å². The lowest BCUT2D eigenvalue weighted by Crippen LogP contribution is -2.27. The van der Waals surface area contributed by atoms with Crippen LogP contribution in [0, 0.1) is 0 Å². The standard InChI is InChI=1S/C14H14ClN3O3S/c1-3-21-13(20)11-12(19)16-14(22-2)18(17-11)8-9-4-6-10(15)7-5-9/h4-7H,3,8H2,1-2H3. The molecule has 2 aromatic rings. The van der Waals surface area contributed by atoms with E-state index in [0.29, 0.717) is 16.7 Å². The Hall–Kier alpha value is -1.86. The average molecular weight is 340 g/mol. The minimum Gasteiger partial charge on any atom is -0.461 e. The third-order valence-corrected chi connectivity index (χ3v) is 3.66. The summed E-state index contributed by atoms with van der Waals surface area (Å²) in [7, 11) is 0. The van der Waals surface area contributed by atoms with E-state index in [1.807, 2.05) is 12.1 Å². The minimum atomic E-state index is -0.766. The Morgan fingerprint density at radius 1 is 1.36 bits per heavy atom. The van der Waals surface area contributed by atoms with E-state index in [0.717, 1.165) is 5.56 Å². The summed E-state index contributed by atoms with van der Waals surface area (Å²) in [4.78, 5) is 27.5. The normalized spacial score (nSPS) is 10.5. The molecule has 0 N–H and O–H groups in total. The number of nitrogens with zero attached hydrogens (tertiary/aromatic N) is 3. The smallest absolute Gasteiger partial charge is 0.364 e. The van der Waals surface area contributed by atoms with Crippen molar-refractivity contribution in [1.29, 1.82) is 0 Å². The molecule has 0 bridgehead atoms. The van der Waals surface area contributed by atoms with Crippen LogP contribution >= 0.6 is 23.4 Å². The molecule has 1 heterocycles. The molecule has 0 aliphatic rings. The van der Waals surface area contributed by atoms with E-state index in [-0.39, 0.29) is 12.3 Å². The van der Waals surface area contributed by atoms with Crippen LogP contribution in [0.2, 0.25) is 5.02 Å². The topological polar surface area (TPSA) is 74.1 Å². The van der Waals surface area contributed by atoms with Crippen LogP contribution in [-0.2, 0) is 11.3 Å². The SMILES string of the molecule is CCOC(=O)c1nn(Cc2ccc(Cl)cc2)c(SC)nc1=O. The molecule has 0 fully saturated rings. The van der Waals surface area contributed by atoms with Crippen molar-refractivity contribution in [2.45, 2.75) is 18.6 Å². The van der Waals surface area contributed by atoms with E-state index < -0.39 is 11.5 Å². The van der Waals surface area contributed by atoms with Crippen LogP contribution in [0.15, 0.2) is 34.2 Å². The molecular weight excluding hydrogens is 326 g/mol. The number of rotatable bonds is 5. The van der Waals surface area contributed by atoms with E-state index in [2.05, 4.69) is 10.1 Å². The number of halogens is 1. The lowest BCUT2D eigenvalue weighted by Gasteiger charge is -2.11. The van der Waals surface area contributed by atoms with E-state index in [9.17, 15) is 9.59 Å². The molecule has 0 saturated heterocycles. The Balaban J connectivity index is 2.40. The molecule has 0 amide bonds. The van der Waals surface area contributed by atoms with Gasteiger partial charge < -0.3 is 4.74 Å². The fraction of sp³-hybridized carbons (Fsp3) is 0.286. The maximum absolute atomic E-state index is 11.8. The highest BCUT2D eigenvalue weighted by atomic mass is 35.5. The zero-order valence-electron chi connectivity index (χ0n) is 12.1. The van der Waals surface area contributed by atoms with Gasteiger partial charge in [0.2, 0.25) is 5.69 Å². The van der Waals surface area contributed by atoms with Gasteiger partial charge >= 0.3 is 11.5 Å². The van der Waals surface area contributed by atoms with Crippen LogP contribution < -0.4 is 5.56 Å². The first-order valence-corrected chi connectivity index (χ1v) is 8.10. The predicted molar refractivity (Wildman–Crippen MR) is 84.6 cm³/mol. The fourth-order valence-electron chi connectivity index (χ4n) is 1.75. The van der Waals surface area contributed by atoms with E-state index in [1.165, 1.54) is 16.4 Å². The van der Waals surface area contributed by atoms with Gasteiger partial charge in [0.1, 0.15) is 0 Å². The number of aromatic nitrogens is 3. The first kappa shape index (κ1) is 16.5. The van der Waals surface area contributed by atoms with Gasteiger partial charge in [-0.15, -0.1) is 0 Å². The molecular formula is C14H14ClN3O3S. The summed E-state index contributed by atoms with van der Waals surface area (Å²) < 4.78 is 6.33. The van der Waals surface area contributed by atoms with Crippen LogP contribution in [0.5, 0.6) is 0 Å². The predicted octanol–water partition coefficient (Wildman–Crippen LogP) is 2.24. The zero-order chi connectivity index (χ0) is 16.1. The highest BCUT2D eigenvalue weighted by Gasteiger charge is 2.18. The summed E-state index contributed by atoms with van der Waals surface area (Å²) in [6.45, 7) is 2.20. The molecule has 1 aromatic heterocycles. The summed E-state index contributed by atoms with van der Waals surface area (Å²) in [5.41, 5.74) is -0.0729. The lowest BCUT2D eigenvalue weighted by atomic mass is 10.2. The first-order chi connectivity index (χ1) is 10.5. The van der Waals surface area contributed by atoms with Crippen molar-refractivity contribution in [3.63, 3.8) is 0 Å². The number of benzene rings is 1. The molecule has 0 saturated carbocycles. The molecule has 22 heavy (non-hydrogen) atoms. The van der Waals surface area contributed by atoms with Gasteiger partial charge in [0, 0.05) is 5.02 Å². The van der Waals surface area contributed by atoms with Gasteiger partial charge in [-0.05, 0) is 30.9 Å². The van der Waals surface area contributed by atoms with Crippen molar-refractivity contribution in [2.75, 3.05) is 12.9 Å². The molecule has 0 atom stereocenters. The van der Waals surface area contributed by atoms with Crippen molar-refractivity contribution in [3.8, 4) is 0 Å². The van der Waals surface area contributed by atoms with Crippen LogP contribution in [0.4, 0.5) is 0 Å². The second-order valence-corrected chi connectivity index (χ2v) is 5.47. The van der Waals surface area contributed by atoms with Crippen molar-refractivity contribution in [1.82, 2.24) is 14.8 Å². The lowest BCUT2D eigenvalue weighted by molar-refractivity contribution is 0.0513. The van der Waals surface area contributed by atoms with E-state index in [4.69, 9.17) is 16.3 Å². The molecule has 0 aliphatic carbocycles. The summed E-state index contributed by atoms with van der Waals surface area (Å²) in [6.07, 6.45) is 1.78. The average Bonchev–Trinajstić information content (AvgIpc) is 2.51.